The predicted molar refractivity (Wildman–Crippen MR) is 109 cm³/mol. The Morgan fingerprint density at radius 2 is 2.00 bits per heavy atom. The van der Waals surface area contributed by atoms with Crippen LogP contribution < -0.4 is 10.1 Å². The number of anilines is 1. The van der Waals surface area contributed by atoms with Gasteiger partial charge in [0.1, 0.15) is 22.9 Å². The summed E-state index contributed by atoms with van der Waals surface area (Å²) in [6.07, 6.45) is -1.84. The molecule has 1 saturated heterocycles. The van der Waals surface area contributed by atoms with E-state index in [0.717, 1.165) is 5.69 Å². The quantitative estimate of drug-likeness (QED) is 0.525. The predicted octanol–water partition coefficient (Wildman–Crippen LogP) is 3.98. The fraction of sp³-hybridized carbons (Fsp3) is 0.381. The van der Waals surface area contributed by atoms with Crippen LogP contribution in [0.25, 0.3) is 5.65 Å². The molecule has 1 amide bonds. The zero-order valence-corrected chi connectivity index (χ0v) is 17.1. The lowest BCUT2D eigenvalue weighted by molar-refractivity contribution is 0.0459. The number of imidazole rings is 1. The summed E-state index contributed by atoms with van der Waals surface area (Å²) in [4.78, 5) is 22.8. The molecule has 0 spiro atoms. The van der Waals surface area contributed by atoms with Gasteiger partial charge in [0.05, 0.1) is 24.4 Å². The Kier molecular flexibility index (Phi) is 6.26. The lowest BCUT2D eigenvalue weighted by Crippen LogP contribution is -2.47. The number of nitrogens with zero attached hydrogens (tertiary/aromatic N) is 4. The Hall–Kier alpha value is -3.21. The third-order valence-corrected chi connectivity index (χ3v) is 5.13. The minimum Gasteiger partial charge on any atom is -0.493 e. The number of hydrogen-bond donors (Lipinski definition) is 1. The van der Waals surface area contributed by atoms with Gasteiger partial charge in [-0.2, -0.15) is 0 Å². The van der Waals surface area contributed by atoms with E-state index in [0.29, 0.717) is 25.3 Å². The van der Waals surface area contributed by atoms with Crippen molar-refractivity contribution in [3.63, 3.8) is 0 Å². The molecule has 0 aliphatic carbocycles. The van der Waals surface area contributed by atoms with Gasteiger partial charge in [0.15, 0.2) is 0 Å². The number of fused-ring (bicyclic) bond motifs is 1. The van der Waals surface area contributed by atoms with E-state index in [1.54, 1.807) is 34.7 Å². The highest BCUT2D eigenvalue weighted by atomic mass is 19.3. The van der Waals surface area contributed by atoms with E-state index in [4.69, 9.17) is 4.74 Å². The number of likely N-dealkylation sites (tertiary alicyclic amines) is 1. The number of ether oxygens (including phenoxy) is 1. The lowest BCUT2D eigenvalue weighted by Gasteiger charge is -2.37. The highest BCUT2D eigenvalue weighted by molar-refractivity contribution is 6.05. The number of carbonyl (C=O) groups excluding carboxylic acids is 1. The maximum Gasteiger partial charge on any atom is 0.280 e. The van der Waals surface area contributed by atoms with Crippen molar-refractivity contribution in [2.45, 2.75) is 25.7 Å². The van der Waals surface area contributed by atoms with E-state index in [2.05, 4.69) is 15.3 Å². The summed E-state index contributed by atoms with van der Waals surface area (Å²) < 4.78 is 58.0. The van der Waals surface area contributed by atoms with E-state index < -0.39 is 24.5 Å². The van der Waals surface area contributed by atoms with Crippen molar-refractivity contribution in [2.75, 3.05) is 31.6 Å². The second-order valence-corrected chi connectivity index (χ2v) is 7.42. The van der Waals surface area contributed by atoms with Crippen molar-refractivity contribution >= 4 is 17.4 Å². The standard InChI is InChI=1S/C21H21F4N5O2/c1-2-32-16-6-19-27-15(12-7-29(8-12)11-17(22)23)10-30(19)9-13(16)21(31)28-18-5-3-4-14(26-18)20(24)25/h3-6,9-10,12,17,20H,2,7-8,11H2,1H3,(H,26,28,31). The van der Waals surface area contributed by atoms with Crippen molar-refractivity contribution in [3.05, 3.63) is 53.6 Å². The van der Waals surface area contributed by atoms with Gasteiger partial charge in [0.2, 0.25) is 0 Å². The molecule has 0 radical (unpaired) electrons. The summed E-state index contributed by atoms with van der Waals surface area (Å²) in [7, 11) is 0. The van der Waals surface area contributed by atoms with Crippen molar-refractivity contribution < 1.29 is 27.1 Å². The summed E-state index contributed by atoms with van der Waals surface area (Å²) in [5.74, 6) is -0.262. The van der Waals surface area contributed by atoms with E-state index in [1.165, 1.54) is 18.2 Å². The molecule has 0 atom stereocenters. The largest absolute Gasteiger partial charge is 0.493 e. The topological polar surface area (TPSA) is 71.8 Å². The van der Waals surface area contributed by atoms with E-state index in [9.17, 15) is 22.4 Å². The fourth-order valence-electron chi connectivity index (χ4n) is 3.61. The van der Waals surface area contributed by atoms with Crippen LogP contribution in [0, 0.1) is 0 Å². The Morgan fingerprint density at radius 1 is 1.22 bits per heavy atom. The van der Waals surface area contributed by atoms with Gasteiger partial charge in [-0.15, -0.1) is 0 Å². The number of halogens is 4. The Bertz CT molecular complexity index is 1110. The maximum absolute atomic E-state index is 12.9. The SMILES string of the molecule is CCOc1cc2nc(C3CN(CC(F)F)C3)cn2cc1C(=O)Nc1cccc(C(F)F)n1. The molecule has 3 aromatic heterocycles. The van der Waals surface area contributed by atoms with Crippen LogP contribution in [-0.2, 0) is 0 Å². The van der Waals surface area contributed by atoms with Crippen LogP contribution >= 0.6 is 0 Å². The molecule has 4 rings (SSSR count). The maximum atomic E-state index is 12.9. The number of pyridine rings is 2. The zero-order valence-electron chi connectivity index (χ0n) is 17.1. The number of hydrogen-bond acceptors (Lipinski definition) is 5. The average Bonchev–Trinajstić information content (AvgIpc) is 3.12. The first-order valence-corrected chi connectivity index (χ1v) is 10.1. The molecule has 170 valence electrons. The minimum atomic E-state index is -2.75. The number of nitrogens with one attached hydrogen (secondary N) is 1. The van der Waals surface area contributed by atoms with E-state index in [1.807, 2.05) is 0 Å². The summed E-state index contributed by atoms with van der Waals surface area (Å²) in [5, 5.41) is 2.52. The number of rotatable bonds is 8. The highest BCUT2D eigenvalue weighted by Crippen LogP contribution is 2.29. The van der Waals surface area contributed by atoms with Gasteiger partial charge in [-0.1, -0.05) is 6.07 Å². The monoisotopic (exact) mass is 451 g/mol. The van der Waals surface area contributed by atoms with E-state index >= 15 is 0 Å². The first kappa shape index (κ1) is 22.0. The molecular formula is C21H21F4N5O2. The second-order valence-electron chi connectivity index (χ2n) is 7.42. The molecule has 3 aromatic rings. The van der Waals surface area contributed by atoms with Crippen molar-refractivity contribution in [3.8, 4) is 5.75 Å². The Labute approximate surface area is 181 Å². The van der Waals surface area contributed by atoms with Crippen LogP contribution in [0.2, 0.25) is 0 Å². The fourth-order valence-corrected chi connectivity index (χ4v) is 3.61. The first-order valence-electron chi connectivity index (χ1n) is 10.1. The average molecular weight is 451 g/mol. The van der Waals surface area contributed by atoms with Crippen LogP contribution in [0.5, 0.6) is 5.75 Å². The lowest BCUT2D eigenvalue weighted by atomic mass is 9.97. The molecule has 0 unspecified atom stereocenters. The minimum absolute atomic E-state index is 0.00439. The van der Waals surface area contributed by atoms with Crippen LogP contribution in [0.3, 0.4) is 0 Å². The van der Waals surface area contributed by atoms with Crippen LogP contribution in [-0.4, -0.2) is 57.8 Å². The molecule has 1 aliphatic heterocycles. The molecule has 0 saturated carbocycles. The van der Waals surface area contributed by atoms with Gasteiger partial charge >= 0.3 is 0 Å². The number of aromatic nitrogens is 3. The Morgan fingerprint density at radius 3 is 2.69 bits per heavy atom. The molecule has 4 heterocycles. The third kappa shape index (κ3) is 4.67. The number of alkyl halides is 4. The molecule has 0 bridgehead atoms. The van der Waals surface area contributed by atoms with Gasteiger partial charge < -0.3 is 14.5 Å². The van der Waals surface area contributed by atoms with Crippen molar-refractivity contribution in [1.29, 1.82) is 0 Å². The second kappa shape index (κ2) is 9.11. The van der Waals surface area contributed by atoms with Gasteiger partial charge in [-0.3, -0.25) is 9.69 Å². The summed E-state index contributed by atoms with van der Waals surface area (Å²) >= 11 is 0. The van der Waals surface area contributed by atoms with Gasteiger partial charge in [-0.25, -0.2) is 27.5 Å². The summed E-state index contributed by atoms with van der Waals surface area (Å²) in [6.45, 7) is 2.79. The van der Waals surface area contributed by atoms with Gasteiger partial charge in [0.25, 0.3) is 18.8 Å². The number of amides is 1. The zero-order chi connectivity index (χ0) is 22.8. The molecule has 7 nitrogen and oxygen atoms in total. The first-order chi connectivity index (χ1) is 15.3. The molecule has 1 N–H and O–H groups in total. The number of carbonyl (C=O) groups is 1. The molecule has 1 aliphatic rings. The summed E-state index contributed by atoms with van der Waals surface area (Å²) in [6, 6.07) is 5.59. The van der Waals surface area contributed by atoms with Gasteiger partial charge in [-0.05, 0) is 19.1 Å². The third-order valence-electron chi connectivity index (χ3n) is 5.13. The molecule has 32 heavy (non-hydrogen) atoms. The molecule has 1 fully saturated rings. The van der Waals surface area contributed by atoms with E-state index in [-0.39, 0.29) is 29.6 Å². The normalized spacial score (nSPS) is 14.8. The van der Waals surface area contributed by atoms with Crippen molar-refractivity contribution in [2.24, 2.45) is 0 Å². The van der Waals surface area contributed by atoms with Crippen LogP contribution in [0.4, 0.5) is 23.4 Å². The highest BCUT2D eigenvalue weighted by Gasteiger charge is 2.31. The molecule has 0 aromatic carbocycles. The van der Waals surface area contributed by atoms with Crippen LogP contribution in [0.1, 0.15) is 41.0 Å². The molecule has 11 heteroatoms. The van der Waals surface area contributed by atoms with Crippen LogP contribution in [0.15, 0.2) is 36.7 Å². The van der Waals surface area contributed by atoms with Gasteiger partial charge in [0, 0.05) is 37.5 Å². The Balaban J connectivity index is 1.57. The smallest absolute Gasteiger partial charge is 0.280 e. The summed E-state index contributed by atoms with van der Waals surface area (Å²) in [5.41, 5.74) is 1.02. The molecular weight excluding hydrogens is 430 g/mol. The van der Waals surface area contributed by atoms with Crippen molar-refractivity contribution in [1.82, 2.24) is 19.3 Å².